The second kappa shape index (κ2) is 7.29. The van der Waals surface area contributed by atoms with Crippen molar-refractivity contribution in [2.24, 2.45) is 0 Å². The van der Waals surface area contributed by atoms with Crippen LogP contribution in [0.2, 0.25) is 0 Å². The summed E-state index contributed by atoms with van der Waals surface area (Å²) in [6.45, 7) is 7.93. The van der Waals surface area contributed by atoms with E-state index in [1.807, 2.05) is 39.0 Å². The molecule has 0 aliphatic heterocycles. The van der Waals surface area contributed by atoms with E-state index in [2.05, 4.69) is 9.97 Å². The summed E-state index contributed by atoms with van der Waals surface area (Å²) < 4.78 is 55.8. The largest absolute Gasteiger partial charge is 0.437 e. The third-order valence-electron chi connectivity index (χ3n) is 5.27. The summed E-state index contributed by atoms with van der Waals surface area (Å²) in [4.78, 5) is 9.07. The molecule has 0 saturated heterocycles. The highest BCUT2D eigenvalue weighted by Crippen LogP contribution is 2.42. The Bertz CT molecular complexity index is 1440. The predicted molar refractivity (Wildman–Crippen MR) is 122 cm³/mol. The fourth-order valence-electron chi connectivity index (χ4n) is 3.82. The third-order valence-corrected chi connectivity index (χ3v) is 5.27. The summed E-state index contributed by atoms with van der Waals surface area (Å²) in [5.41, 5.74) is 4.47. The fourth-order valence-corrected chi connectivity index (χ4v) is 3.82. The zero-order valence-electron chi connectivity index (χ0n) is 23.8. The van der Waals surface area contributed by atoms with Crippen LogP contribution < -0.4 is 0 Å². The number of rotatable bonds is 4. The van der Waals surface area contributed by atoms with Crippen molar-refractivity contribution in [2.45, 2.75) is 66.1 Å². The van der Waals surface area contributed by atoms with Crippen molar-refractivity contribution in [1.82, 2.24) is 9.97 Å². The number of furan rings is 1. The highest BCUT2D eigenvalue weighted by molar-refractivity contribution is 6.11. The average Bonchev–Trinajstić information content (AvgIpc) is 3.09. The van der Waals surface area contributed by atoms with Crippen molar-refractivity contribution in [1.29, 1.82) is 0 Å². The summed E-state index contributed by atoms with van der Waals surface area (Å²) in [6, 6.07) is 8.72. The molecule has 0 fully saturated rings. The van der Waals surface area contributed by atoms with Crippen LogP contribution in [0, 0.1) is 6.92 Å². The lowest BCUT2D eigenvalue weighted by Gasteiger charge is -2.13. The Morgan fingerprint density at radius 1 is 0.931 bits per heavy atom. The van der Waals surface area contributed by atoms with Gasteiger partial charge in [-0.2, -0.15) is 0 Å². The SMILES string of the molecule is [2H]C(C)(C)c1cc(C)nc2oc3c(-c4cc(C([2H])(C)C([2H])([2H])[2H])ccn4)ccc(C([2H])(C)C)c3c12. The molecule has 0 amide bonds. The molecular formula is C26H30N2O. The van der Waals surface area contributed by atoms with Gasteiger partial charge in [0.05, 0.1) is 11.1 Å². The highest BCUT2D eigenvalue weighted by atomic mass is 16.3. The van der Waals surface area contributed by atoms with Crippen LogP contribution in [-0.2, 0) is 0 Å². The van der Waals surface area contributed by atoms with E-state index in [-0.39, 0.29) is 0 Å². The van der Waals surface area contributed by atoms with Crippen LogP contribution >= 0.6 is 0 Å². The fraction of sp³-hybridized carbons (Fsp3) is 0.385. The summed E-state index contributed by atoms with van der Waals surface area (Å²) in [7, 11) is 0. The number of aryl methyl sites for hydroxylation is 1. The maximum atomic E-state index is 8.79. The van der Waals surface area contributed by atoms with Crippen LogP contribution in [0.4, 0.5) is 0 Å². The smallest absolute Gasteiger partial charge is 0.227 e. The Morgan fingerprint density at radius 3 is 2.38 bits per heavy atom. The van der Waals surface area contributed by atoms with Gasteiger partial charge in [-0.15, -0.1) is 0 Å². The number of fused-ring (bicyclic) bond motifs is 3. The highest BCUT2D eigenvalue weighted by Gasteiger charge is 2.22. The number of benzene rings is 1. The molecule has 3 nitrogen and oxygen atoms in total. The van der Waals surface area contributed by atoms with Gasteiger partial charge in [-0.25, -0.2) is 4.98 Å². The molecule has 3 aromatic heterocycles. The third kappa shape index (κ3) is 3.33. The molecule has 1 aromatic carbocycles. The molecule has 0 radical (unpaired) electrons. The zero-order chi connectivity index (χ0) is 26.1. The predicted octanol–water partition coefficient (Wildman–Crippen LogP) is 7.72. The van der Waals surface area contributed by atoms with E-state index in [1.54, 1.807) is 26.0 Å². The van der Waals surface area contributed by atoms with Crippen LogP contribution in [0.25, 0.3) is 33.3 Å². The number of pyridine rings is 2. The maximum absolute atomic E-state index is 8.79. The van der Waals surface area contributed by atoms with E-state index >= 15 is 0 Å². The maximum Gasteiger partial charge on any atom is 0.227 e. The van der Waals surface area contributed by atoms with E-state index in [4.69, 9.17) is 12.6 Å². The summed E-state index contributed by atoms with van der Waals surface area (Å²) in [5.74, 6) is -3.72. The Labute approximate surface area is 181 Å². The van der Waals surface area contributed by atoms with E-state index < -0.39 is 24.5 Å². The summed E-state index contributed by atoms with van der Waals surface area (Å²) >= 11 is 0. The lowest BCUT2D eigenvalue weighted by atomic mass is 9.91. The van der Waals surface area contributed by atoms with Crippen LogP contribution in [0.3, 0.4) is 0 Å². The quantitative estimate of drug-likeness (QED) is 0.357. The topological polar surface area (TPSA) is 38.9 Å². The van der Waals surface area contributed by atoms with Gasteiger partial charge in [-0.3, -0.25) is 4.98 Å². The lowest BCUT2D eigenvalue weighted by molar-refractivity contribution is 0.652. The average molecular weight is 393 g/mol. The van der Waals surface area contributed by atoms with Gasteiger partial charge in [0.15, 0.2) is 0 Å². The second-order valence-electron chi connectivity index (χ2n) is 8.01. The van der Waals surface area contributed by atoms with Crippen molar-refractivity contribution >= 4 is 22.1 Å². The summed E-state index contributed by atoms with van der Waals surface area (Å²) in [5, 5.41) is 1.41. The van der Waals surface area contributed by atoms with E-state index in [0.717, 1.165) is 16.8 Å². The molecule has 4 aromatic rings. The Morgan fingerprint density at radius 2 is 1.69 bits per heavy atom. The first-order valence-electron chi connectivity index (χ1n) is 12.8. The standard InChI is InChI=1S/C26H30N2O/c1-14(2)18-10-11-27-22(13-18)20-9-8-19(15(3)4)23-24-21(16(5)6)12-17(7)28-26(24)29-25(20)23/h8-16H,1-7H3/i1D3,14D,15D,16D. The van der Waals surface area contributed by atoms with Gasteiger partial charge in [0, 0.05) is 31.1 Å². The van der Waals surface area contributed by atoms with Crippen LogP contribution in [-0.4, -0.2) is 9.97 Å². The molecule has 1 atom stereocenters. The minimum absolute atomic E-state index is 0.318. The first kappa shape index (κ1) is 13.5. The van der Waals surface area contributed by atoms with Gasteiger partial charge in [-0.05, 0) is 65.6 Å². The Balaban J connectivity index is 2.12. The number of hydrogen-bond acceptors (Lipinski definition) is 3. The molecule has 0 aliphatic rings. The zero-order valence-corrected chi connectivity index (χ0v) is 17.8. The first-order valence-corrected chi connectivity index (χ1v) is 9.77. The normalized spacial score (nSPS) is 18.4. The van der Waals surface area contributed by atoms with E-state index in [9.17, 15) is 0 Å². The molecule has 1 unspecified atom stereocenters. The number of aromatic nitrogens is 2. The Hall–Kier alpha value is -2.68. The van der Waals surface area contributed by atoms with Crippen LogP contribution in [0.5, 0.6) is 0 Å². The molecule has 0 spiro atoms. The van der Waals surface area contributed by atoms with Gasteiger partial charge in [0.1, 0.15) is 5.58 Å². The van der Waals surface area contributed by atoms with Gasteiger partial charge < -0.3 is 4.42 Å². The number of hydrogen-bond donors (Lipinski definition) is 0. The summed E-state index contributed by atoms with van der Waals surface area (Å²) in [6.07, 6.45) is 1.50. The molecule has 3 heterocycles. The molecule has 4 rings (SSSR count). The first-order chi connectivity index (χ1) is 15.9. The van der Waals surface area contributed by atoms with Crippen molar-refractivity contribution in [3.05, 3.63) is 58.9 Å². The van der Waals surface area contributed by atoms with E-state index in [1.165, 1.54) is 13.1 Å². The molecule has 0 bridgehead atoms. The second-order valence-corrected chi connectivity index (χ2v) is 8.01. The van der Waals surface area contributed by atoms with Crippen molar-refractivity contribution in [3.63, 3.8) is 0 Å². The molecule has 0 aliphatic carbocycles. The van der Waals surface area contributed by atoms with Gasteiger partial charge >= 0.3 is 0 Å². The van der Waals surface area contributed by atoms with Crippen molar-refractivity contribution in [3.8, 4) is 11.3 Å². The molecule has 0 saturated carbocycles. The van der Waals surface area contributed by atoms with Crippen molar-refractivity contribution < 1.29 is 12.6 Å². The van der Waals surface area contributed by atoms with Crippen LogP contribution in [0.1, 0.15) is 89.8 Å². The van der Waals surface area contributed by atoms with Gasteiger partial charge in [0.2, 0.25) is 5.71 Å². The van der Waals surface area contributed by atoms with Crippen molar-refractivity contribution in [2.75, 3.05) is 0 Å². The minimum Gasteiger partial charge on any atom is -0.437 e. The van der Waals surface area contributed by atoms with Gasteiger partial charge in [-0.1, -0.05) is 47.5 Å². The number of nitrogens with zero attached hydrogens (tertiary/aromatic N) is 2. The Kier molecular flexibility index (Phi) is 3.40. The van der Waals surface area contributed by atoms with Crippen LogP contribution in [0.15, 0.2) is 40.9 Å². The van der Waals surface area contributed by atoms with Gasteiger partial charge in [0.25, 0.3) is 0 Å². The molecule has 29 heavy (non-hydrogen) atoms. The minimum atomic E-state index is -2.52. The molecule has 3 heteroatoms. The monoisotopic (exact) mass is 392 g/mol. The van der Waals surface area contributed by atoms with E-state index in [0.29, 0.717) is 38.9 Å². The molecule has 0 N–H and O–H groups in total. The molecule has 150 valence electrons. The molecular weight excluding hydrogens is 356 g/mol. The lowest BCUT2D eigenvalue weighted by Crippen LogP contribution is -1.95.